The van der Waals surface area contributed by atoms with Crippen molar-refractivity contribution in [1.29, 1.82) is 0 Å². The van der Waals surface area contributed by atoms with Gasteiger partial charge >= 0.3 is 17.9 Å². The van der Waals surface area contributed by atoms with E-state index in [2.05, 4.69) is 20.5 Å². The number of aromatic nitrogens is 5. The minimum absolute atomic E-state index is 0.177. The Morgan fingerprint density at radius 2 is 1.69 bits per heavy atom. The topological polar surface area (TPSA) is 145 Å². The molecule has 0 N–H and O–H groups in total. The standard InChI is InChI=1S/C22H20Cl3N5O7S2/c1-9(31)34-7-16-19(35-10(2)32)18(30-6-15(27-29-30)21-28-26-8-38-21)20(36-11(3)33)22(37-16)39-12-4-13(23)17(25)14(24)5-12/h4-6,8,16,18-20,22H,7H2,1-3H3/t16-,18+,19+,20-,22-/m1/s1. The number of thioether (sulfide) groups is 1. The van der Waals surface area contributed by atoms with Crippen LogP contribution in [0.25, 0.3) is 10.7 Å². The number of ether oxygens (including phenoxy) is 4. The molecule has 208 valence electrons. The molecule has 0 radical (unpaired) electrons. The highest BCUT2D eigenvalue weighted by molar-refractivity contribution is 7.99. The van der Waals surface area contributed by atoms with E-state index in [1.54, 1.807) is 18.3 Å². The second kappa shape index (κ2) is 12.8. The smallest absolute Gasteiger partial charge is 0.303 e. The van der Waals surface area contributed by atoms with E-state index in [-0.39, 0.29) is 21.7 Å². The molecule has 5 atom stereocenters. The van der Waals surface area contributed by atoms with Gasteiger partial charge in [-0.1, -0.05) is 63.1 Å². The largest absolute Gasteiger partial charge is 0.463 e. The fraction of sp³-hybridized carbons (Fsp3) is 0.409. The molecule has 1 aromatic carbocycles. The van der Waals surface area contributed by atoms with Gasteiger partial charge in [0.2, 0.25) is 0 Å². The van der Waals surface area contributed by atoms with Crippen molar-refractivity contribution in [1.82, 2.24) is 25.2 Å². The fourth-order valence-corrected chi connectivity index (χ4v) is 6.24. The number of halogens is 3. The highest BCUT2D eigenvalue weighted by Crippen LogP contribution is 2.43. The molecule has 12 nitrogen and oxygen atoms in total. The number of nitrogens with zero attached hydrogens (tertiary/aromatic N) is 5. The molecule has 0 saturated carbocycles. The second-order valence-corrected chi connectivity index (χ2v) is 11.3. The van der Waals surface area contributed by atoms with E-state index < -0.39 is 47.7 Å². The summed E-state index contributed by atoms with van der Waals surface area (Å²) in [6.45, 7) is 3.41. The molecule has 0 aliphatic carbocycles. The minimum atomic E-state index is -1.11. The third kappa shape index (κ3) is 7.18. The summed E-state index contributed by atoms with van der Waals surface area (Å²) in [5.74, 6) is -1.84. The summed E-state index contributed by atoms with van der Waals surface area (Å²) in [6.07, 6.45) is -1.61. The first-order valence-electron chi connectivity index (χ1n) is 11.2. The van der Waals surface area contributed by atoms with Gasteiger partial charge in [-0.05, 0) is 12.1 Å². The normalized spacial score (nSPS) is 22.8. The fourth-order valence-electron chi connectivity index (χ4n) is 3.82. The lowest BCUT2D eigenvalue weighted by Gasteiger charge is -2.44. The van der Waals surface area contributed by atoms with Gasteiger partial charge in [-0.3, -0.25) is 14.4 Å². The number of carbonyl (C=O) groups is 3. The summed E-state index contributed by atoms with van der Waals surface area (Å²) in [7, 11) is 0. The van der Waals surface area contributed by atoms with Crippen LogP contribution in [0.4, 0.5) is 0 Å². The van der Waals surface area contributed by atoms with Crippen LogP contribution in [0, 0.1) is 0 Å². The van der Waals surface area contributed by atoms with Crippen LogP contribution >= 0.6 is 57.9 Å². The van der Waals surface area contributed by atoms with Gasteiger partial charge < -0.3 is 18.9 Å². The van der Waals surface area contributed by atoms with E-state index >= 15 is 0 Å². The molecule has 0 bridgehead atoms. The summed E-state index contributed by atoms with van der Waals surface area (Å²) in [5, 5.41) is 17.3. The quantitative estimate of drug-likeness (QED) is 0.198. The predicted molar refractivity (Wildman–Crippen MR) is 142 cm³/mol. The maximum Gasteiger partial charge on any atom is 0.303 e. The van der Waals surface area contributed by atoms with Gasteiger partial charge in [0.05, 0.1) is 21.3 Å². The van der Waals surface area contributed by atoms with Gasteiger partial charge in [0.15, 0.2) is 17.2 Å². The van der Waals surface area contributed by atoms with Gasteiger partial charge in [0.1, 0.15) is 35.4 Å². The van der Waals surface area contributed by atoms with Crippen LogP contribution in [0.2, 0.25) is 15.1 Å². The maximum absolute atomic E-state index is 12.3. The zero-order valence-corrected chi connectivity index (χ0v) is 24.3. The number of carbonyl (C=O) groups excluding carboxylic acids is 3. The zero-order valence-electron chi connectivity index (χ0n) is 20.4. The van der Waals surface area contributed by atoms with Crippen molar-refractivity contribution in [2.75, 3.05) is 6.61 Å². The Kier molecular flexibility index (Phi) is 9.67. The number of hydrogen-bond acceptors (Lipinski definition) is 13. The third-order valence-electron chi connectivity index (χ3n) is 5.28. The first-order chi connectivity index (χ1) is 18.5. The Labute approximate surface area is 245 Å². The third-order valence-corrected chi connectivity index (χ3v) is 8.31. The van der Waals surface area contributed by atoms with Gasteiger partial charge in [-0.2, -0.15) is 0 Å². The molecule has 17 heteroatoms. The molecule has 0 spiro atoms. The van der Waals surface area contributed by atoms with Crippen LogP contribution < -0.4 is 0 Å². The molecule has 3 aromatic rings. The van der Waals surface area contributed by atoms with Crippen molar-refractivity contribution < 1.29 is 33.3 Å². The van der Waals surface area contributed by atoms with Crippen LogP contribution in [0.5, 0.6) is 0 Å². The van der Waals surface area contributed by atoms with Crippen molar-refractivity contribution in [3.05, 3.63) is 38.9 Å². The lowest BCUT2D eigenvalue weighted by Crippen LogP contribution is -2.57. The first-order valence-corrected chi connectivity index (χ1v) is 14.1. The number of esters is 3. The molecule has 1 fully saturated rings. The number of hydrogen-bond donors (Lipinski definition) is 0. The number of rotatable bonds is 8. The number of benzene rings is 1. The van der Waals surface area contributed by atoms with Crippen molar-refractivity contribution in [2.45, 2.75) is 55.5 Å². The van der Waals surface area contributed by atoms with Crippen LogP contribution in [0.3, 0.4) is 0 Å². The summed E-state index contributed by atoms with van der Waals surface area (Å²) in [4.78, 5) is 36.6. The van der Waals surface area contributed by atoms with E-state index in [4.69, 9.17) is 53.8 Å². The highest BCUT2D eigenvalue weighted by atomic mass is 35.5. The molecule has 3 heterocycles. The van der Waals surface area contributed by atoms with Crippen molar-refractivity contribution in [2.24, 2.45) is 0 Å². The molecule has 39 heavy (non-hydrogen) atoms. The Hall–Kier alpha value is -2.49. The average molecular weight is 637 g/mol. The Morgan fingerprint density at radius 1 is 1.03 bits per heavy atom. The average Bonchev–Trinajstić information content (AvgIpc) is 3.55. The van der Waals surface area contributed by atoms with Gasteiger partial charge in [0.25, 0.3) is 0 Å². The molecule has 4 rings (SSSR count). The van der Waals surface area contributed by atoms with Crippen molar-refractivity contribution in [3.63, 3.8) is 0 Å². The molecule has 2 aromatic heterocycles. The van der Waals surface area contributed by atoms with E-state index in [0.29, 0.717) is 15.6 Å². The van der Waals surface area contributed by atoms with Gasteiger partial charge in [-0.15, -0.1) is 15.3 Å². The molecular formula is C22H20Cl3N5O7S2. The first kappa shape index (κ1) is 29.5. The Morgan fingerprint density at radius 3 is 2.28 bits per heavy atom. The summed E-state index contributed by atoms with van der Waals surface area (Å²) >= 11 is 20.9. The van der Waals surface area contributed by atoms with Crippen LogP contribution in [-0.4, -0.2) is 73.5 Å². The van der Waals surface area contributed by atoms with E-state index in [0.717, 1.165) is 11.8 Å². The van der Waals surface area contributed by atoms with Crippen molar-refractivity contribution in [3.8, 4) is 10.7 Å². The second-order valence-electron chi connectivity index (χ2n) is 8.13. The minimum Gasteiger partial charge on any atom is -0.463 e. The lowest BCUT2D eigenvalue weighted by atomic mass is 9.96. The van der Waals surface area contributed by atoms with Gasteiger partial charge in [0, 0.05) is 25.7 Å². The van der Waals surface area contributed by atoms with Crippen LogP contribution in [-0.2, 0) is 33.3 Å². The van der Waals surface area contributed by atoms with E-state index in [1.165, 1.54) is 42.3 Å². The Balaban J connectivity index is 1.80. The SMILES string of the molecule is CC(=O)OC[C@H]1O[C@H](Sc2cc(Cl)c(Cl)c(Cl)c2)[C@H](OC(C)=O)[C@@H](n2cc(-c3nncs3)nn2)[C@H]1OC(C)=O. The molecule has 0 unspecified atom stereocenters. The predicted octanol–water partition coefficient (Wildman–Crippen LogP) is 4.24. The maximum atomic E-state index is 12.3. The molecule has 1 aliphatic rings. The highest BCUT2D eigenvalue weighted by Gasteiger charge is 2.52. The van der Waals surface area contributed by atoms with E-state index in [1.807, 2.05) is 0 Å². The molecule has 1 aliphatic heterocycles. The van der Waals surface area contributed by atoms with Crippen LogP contribution in [0.1, 0.15) is 26.8 Å². The molecule has 0 amide bonds. The molecule has 1 saturated heterocycles. The molecular weight excluding hydrogens is 617 g/mol. The lowest BCUT2D eigenvalue weighted by molar-refractivity contribution is -0.212. The zero-order chi connectivity index (χ0) is 28.3. The summed E-state index contributed by atoms with van der Waals surface area (Å²) < 4.78 is 24.2. The summed E-state index contributed by atoms with van der Waals surface area (Å²) in [5.41, 5.74) is 0.994. The monoisotopic (exact) mass is 635 g/mol. The van der Waals surface area contributed by atoms with Crippen LogP contribution in [0.15, 0.2) is 28.7 Å². The van der Waals surface area contributed by atoms with E-state index in [9.17, 15) is 14.4 Å². The van der Waals surface area contributed by atoms with Gasteiger partial charge in [-0.25, -0.2) is 4.68 Å². The summed E-state index contributed by atoms with van der Waals surface area (Å²) in [6, 6.07) is 2.19. The Bertz CT molecular complexity index is 1340. The van der Waals surface area contributed by atoms with Crippen molar-refractivity contribution >= 4 is 75.8 Å².